The van der Waals surface area contributed by atoms with Crippen LogP contribution < -0.4 is 5.73 Å². The third-order valence-corrected chi connectivity index (χ3v) is 1.82. The minimum atomic E-state index is -4.54. The highest BCUT2D eigenvalue weighted by Crippen LogP contribution is 2.33. The van der Waals surface area contributed by atoms with Crippen LogP contribution in [0.3, 0.4) is 0 Å². The molecule has 82 valence electrons. The normalized spacial score (nSPS) is 11.5. The Morgan fingerprint density at radius 3 is 2.40 bits per heavy atom. The summed E-state index contributed by atoms with van der Waals surface area (Å²) in [7, 11) is 0. The van der Waals surface area contributed by atoms with Crippen LogP contribution in [-0.4, -0.2) is 17.5 Å². The Morgan fingerprint density at radius 1 is 1.40 bits per heavy atom. The molecule has 0 fully saturated rings. The van der Waals surface area contributed by atoms with Crippen molar-refractivity contribution in [3.8, 4) is 0 Å². The molecule has 0 bridgehead atoms. The number of aliphatic hydroxyl groups is 1. The first-order chi connectivity index (χ1) is 6.86. The Labute approximate surface area is 83.3 Å². The van der Waals surface area contributed by atoms with Gasteiger partial charge in [0.25, 0.3) is 0 Å². The molecule has 0 saturated heterocycles. The SMILES string of the molecule is Nc1cc(C(=O)CO)ccc1C(F)(F)F. The number of Topliss-reactive ketones (excluding diaryl/α,β-unsaturated/α-hetero) is 1. The molecule has 15 heavy (non-hydrogen) atoms. The molecule has 3 nitrogen and oxygen atoms in total. The lowest BCUT2D eigenvalue weighted by Gasteiger charge is -2.10. The van der Waals surface area contributed by atoms with E-state index in [1.165, 1.54) is 0 Å². The number of halogens is 3. The summed E-state index contributed by atoms with van der Waals surface area (Å²) in [6, 6.07) is 2.61. The predicted molar refractivity (Wildman–Crippen MR) is 47.3 cm³/mol. The predicted octanol–water partition coefficient (Wildman–Crippen LogP) is 1.46. The molecule has 0 aliphatic carbocycles. The van der Waals surface area contributed by atoms with Gasteiger partial charge in [0.2, 0.25) is 0 Å². The lowest BCUT2D eigenvalue weighted by atomic mass is 10.1. The number of hydrogen-bond acceptors (Lipinski definition) is 3. The quantitative estimate of drug-likeness (QED) is 0.584. The summed E-state index contributed by atoms with van der Waals surface area (Å²) in [5, 5.41) is 8.50. The Morgan fingerprint density at radius 2 is 2.00 bits per heavy atom. The third kappa shape index (κ3) is 2.47. The van der Waals surface area contributed by atoms with E-state index in [4.69, 9.17) is 10.8 Å². The number of alkyl halides is 3. The average molecular weight is 219 g/mol. The maximum absolute atomic E-state index is 12.2. The number of benzene rings is 1. The Kier molecular flexibility index (Phi) is 2.99. The molecule has 0 saturated carbocycles. The van der Waals surface area contributed by atoms with Crippen LogP contribution in [0.15, 0.2) is 18.2 Å². The van der Waals surface area contributed by atoms with Crippen LogP contribution in [0.4, 0.5) is 18.9 Å². The summed E-state index contributed by atoms with van der Waals surface area (Å²) in [5.74, 6) is -0.671. The van der Waals surface area contributed by atoms with Gasteiger partial charge in [-0.1, -0.05) is 6.07 Å². The van der Waals surface area contributed by atoms with Gasteiger partial charge in [0.1, 0.15) is 6.61 Å². The second-order valence-electron chi connectivity index (χ2n) is 2.88. The minimum absolute atomic E-state index is 0.0389. The van der Waals surface area contributed by atoms with Crippen molar-refractivity contribution in [2.45, 2.75) is 6.18 Å². The van der Waals surface area contributed by atoms with E-state index in [1.54, 1.807) is 0 Å². The van der Waals surface area contributed by atoms with Gasteiger partial charge < -0.3 is 10.8 Å². The van der Waals surface area contributed by atoms with Crippen molar-refractivity contribution < 1.29 is 23.1 Å². The van der Waals surface area contributed by atoms with Gasteiger partial charge in [0, 0.05) is 11.3 Å². The molecule has 0 radical (unpaired) electrons. The minimum Gasteiger partial charge on any atom is -0.398 e. The first-order valence-electron chi connectivity index (χ1n) is 3.97. The number of rotatable bonds is 2. The number of ketones is 1. The molecule has 1 aromatic rings. The largest absolute Gasteiger partial charge is 0.418 e. The van der Waals surface area contributed by atoms with Gasteiger partial charge in [-0.2, -0.15) is 13.2 Å². The zero-order chi connectivity index (χ0) is 11.6. The van der Waals surface area contributed by atoms with Crippen LogP contribution in [0.2, 0.25) is 0 Å². The van der Waals surface area contributed by atoms with Gasteiger partial charge >= 0.3 is 6.18 Å². The van der Waals surface area contributed by atoms with E-state index < -0.39 is 29.8 Å². The van der Waals surface area contributed by atoms with Gasteiger partial charge in [-0.25, -0.2) is 0 Å². The molecule has 0 spiro atoms. The molecular formula is C9H8F3NO2. The van der Waals surface area contributed by atoms with Crippen molar-refractivity contribution in [3.05, 3.63) is 29.3 Å². The van der Waals surface area contributed by atoms with Crippen molar-refractivity contribution in [2.24, 2.45) is 0 Å². The van der Waals surface area contributed by atoms with Crippen LogP contribution in [0, 0.1) is 0 Å². The molecular weight excluding hydrogens is 211 g/mol. The molecule has 0 aliphatic rings. The second-order valence-corrected chi connectivity index (χ2v) is 2.88. The van der Waals surface area contributed by atoms with Crippen LogP contribution in [0.25, 0.3) is 0 Å². The zero-order valence-corrected chi connectivity index (χ0v) is 7.51. The van der Waals surface area contributed by atoms with Crippen LogP contribution >= 0.6 is 0 Å². The third-order valence-electron chi connectivity index (χ3n) is 1.82. The smallest absolute Gasteiger partial charge is 0.398 e. The zero-order valence-electron chi connectivity index (χ0n) is 7.51. The number of nitrogens with two attached hydrogens (primary N) is 1. The van der Waals surface area contributed by atoms with E-state index >= 15 is 0 Å². The molecule has 0 heterocycles. The van der Waals surface area contributed by atoms with E-state index in [0.29, 0.717) is 0 Å². The number of carbonyl (C=O) groups excluding carboxylic acids is 1. The van der Waals surface area contributed by atoms with Crippen molar-refractivity contribution in [3.63, 3.8) is 0 Å². The molecule has 0 unspecified atom stereocenters. The Bertz CT molecular complexity index is 387. The van der Waals surface area contributed by atoms with Crippen molar-refractivity contribution >= 4 is 11.5 Å². The Hall–Kier alpha value is -1.56. The highest BCUT2D eigenvalue weighted by atomic mass is 19.4. The molecule has 1 aromatic carbocycles. The fraction of sp³-hybridized carbons (Fsp3) is 0.222. The van der Waals surface area contributed by atoms with Crippen molar-refractivity contribution in [1.29, 1.82) is 0 Å². The lowest BCUT2D eigenvalue weighted by Crippen LogP contribution is -2.11. The first-order valence-corrected chi connectivity index (χ1v) is 3.97. The van der Waals surface area contributed by atoms with E-state index in [2.05, 4.69) is 0 Å². The van der Waals surface area contributed by atoms with Gasteiger partial charge in [-0.05, 0) is 12.1 Å². The molecule has 0 atom stereocenters. The lowest BCUT2D eigenvalue weighted by molar-refractivity contribution is -0.136. The Balaban J connectivity index is 3.15. The molecule has 0 amide bonds. The standard InChI is InChI=1S/C9H8F3NO2/c10-9(11,12)6-2-1-5(3-7(6)13)8(15)4-14/h1-3,14H,4,13H2. The average Bonchev–Trinajstić information content (AvgIpc) is 2.14. The second kappa shape index (κ2) is 3.90. The van der Waals surface area contributed by atoms with Crippen LogP contribution in [-0.2, 0) is 6.18 Å². The summed E-state index contributed by atoms with van der Waals surface area (Å²) in [5.41, 5.74) is 3.59. The summed E-state index contributed by atoms with van der Waals surface area (Å²) in [6.45, 7) is -0.759. The maximum Gasteiger partial charge on any atom is 0.418 e. The van der Waals surface area contributed by atoms with E-state index in [1.807, 2.05) is 0 Å². The number of nitrogen functional groups attached to an aromatic ring is 1. The fourth-order valence-corrected chi connectivity index (χ4v) is 1.09. The van der Waals surface area contributed by atoms with Gasteiger partial charge in [-0.3, -0.25) is 4.79 Å². The van der Waals surface area contributed by atoms with E-state index in [-0.39, 0.29) is 5.56 Å². The van der Waals surface area contributed by atoms with Gasteiger partial charge in [0.05, 0.1) is 5.56 Å². The number of anilines is 1. The summed E-state index contributed by atoms with van der Waals surface area (Å²) in [4.78, 5) is 10.9. The monoisotopic (exact) mass is 219 g/mol. The molecule has 0 aliphatic heterocycles. The molecule has 3 N–H and O–H groups in total. The van der Waals surface area contributed by atoms with Crippen molar-refractivity contribution in [1.82, 2.24) is 0 Å². The van der Waals surface area contributed by atoms with E-state index in [0.717, 1.165) is 18.2 Å². The summed E-state index contributed by atoms with van der Waals surface area (Å²) in [6.07, 6.45) is -4.54. The molecule has 0 aromatic heterocycles. The highest BCUT2D eigenvalue weighted by molar-refractivity contribution is 5.97. The summed E-state index contributed by atoms with van der Waals surface area (Å²) < 4.78 is 36.7. The van der Waals surface area contributed by atoms with Crippen molar-refractivity contribution in [2.75, 3.05) is 12.3 Å². The number of aliphatic hydroxyl groups excluding tert-OH is 1. The van der Waals surface area contributed by atoms with Crippen LogP contribution in [0.5, 0.6) is 0 Å². The van der Waals surface area contributed by atoms with Crippen LogP contribution in [0.1, 0.15) is 15.9 Å². The first kappa shape index (κ1) is 11.5. The number of hydrogen-bond donors (Lipinski definition) is 2. The topological polar surface area (TPSA) is 63.3 Å². The highest BCUT2D eigenvalue weighted by Gasteiger charge is 2.32. The van der Waals surface area contributed by atoms with Gasteiger partial charge in [-0.15, -0.1) is 0 Å². The fourth-order valence-electron chi connectivity index (χ4n) is 1.09. The summed E-state index contributed by atoms with van der Waals surface area (Å²) >= 11 is 0. The van der Waals surface area contributed by atoms with Gasteiger partial charge in [0.15, 0.2) is 5.78 Å². The number of carbonyl (C=O) groups is 1. The molecule has 6 heteroatoms. The van der Waals surface area contributed by atoms with E-state index in [9.17, 15) is 18.0 Å². The molecule has 1 rings (SSSR count). The maximum atomic E-state index is 12.2.